The van der Waals surface area contributed by atoms with Gasteiger partial charge in [-0.25, -0.2) is 9.97 Å². The normalized spacial score (nSPS) is 10.8. The lowest BCUT2D eigenvalue weighted by atomic mass is 10.2. The molecule has 0 atom stereocenters. The zero-order chi connectivity index (χ0) is 14.3. The van der Waals surface area contributed by atoms with Crippen LogP contribution in [0.5, 0.6) is 0 Å². The van der Waals surface area contributed by atoms with Crippen LogP contribution >= 0.6 is 0 Å². The molecule has 0 amide bonds. The van der Waals surface area contributed by atoms with Crippen molar-refractivity contribution in [1.29, 1.82) is 0 Å². The van der Waals surface area contributed by atoms with Gasteiger partial charge in [0.05, 0.1) is 0 Å². The van der Waals surface area contributed by atoms with Gasteiger partial charge in [0.25, 0.3) is 0 Å². The number of aryl methyl sites for hydroxylation is 1. The van der Waals surface area contributed by atoms with E-state index >= 15 is 0 Å². The molecule has 0 fully saturated rings. The average molecular weight is 265 g/mol. The Hall–Kier alpha value is -1.36. The molecule has 5 nitrogen and oxygen atoms in total. The molecule has 0 radical (unpaired) electrons. The van der Waals surface area contributed by atoms with Gasteiger partial charge >= 0.3 is 0 Å². The molecule has 0 saturated carbocycles. The maximum Gasteiger partial charge on any atom is 0.134 e. The van der Waals surface area contributed by atoms with Gasteiger partial charge in [-0.15, -0.1) is 0 Å². The minimum absolute atomic E-state index is 0.803. The summed E-state index contributed by atoms with van der Waals surface area (Å²) in [7, 11) is 4.21. The molecular weight excluding hydrogens is 238 g/mol. The van der Waals surface area contributed by atoms with Gasteiger partial charge in [0.2, 0.25) is 0 Å². The predicted molar refractivity (Wildman–Crippen MR) is 81.9 cm³/mol. The summed E-state index contributed by atoms with van der Waals surface area (Å²) in [5, 5.41) is 6.69. The lowest BCUT2D eigenvalue weighted by Crippen LogP contribution is -2.15. The summed E-state index contributed by atoms with van der Waals surface area (Å²) >= 11 is 0. The largest absolute Gasteiger partial charge is 0.370 e. The van der Waals surface area contributed by atoms with Gasteiger partial charge in [-0.3, -0.25) is 0 Å². The maximum atomic E-state index is 4.48. The van der Waals surface area contributed by atoms with Crippen LogP contribution in [0.1, 0.15) is 31.2 Å². The molecule has 19 heavy (non-hydrogen) atoms. The quantitative estimate of drug-likeness (QED) is 0.706. The van der Waals surface area contributed by atoms with Crippen molar-refractivity contribution in [1.82, 2.24) is 14.9 Å². The van der Waals surface area contributed by atoms with Crippen LogP contribution in [0, 0.1) is 13.8 Å². The molecule has 0 bridgehead atoms. The van der Waals surface area contributed by atoms with Gasteiger partial charge in [-0.05, 0) is 54.3 Å². The van der Waals surface area contributed by atoms with E-state index < -0.39 is 0 Å². The molecular formula is C14H27N5. The highest BCUT2D eigenvalue weighted by atomic mass is 15.1. The van der Waals surface area contributed by atoms with Crippen LogP contribution in [0.15, 0.2) is 0 Å². The van der Waals surface area contributed by atoms with Crippen molar-refractivity contribution in [3.05, 3.63) is 11.4 Å². The van der Waals surface area contributed by atoms with Crippen molar-refractivity contribution in [2.24, 2.45) is 0 Å². The van der Waals surface area contributed by atoms with Gasteiger partial charge in [-0.1, -0.05) is 0 Å². The van der Waals surface area contributed by atoms with E-state index in [1.165, 1.54) is 6.42 Å². The van der Waals surface area contributed by atoms with E-state index in [-0.39, 0.29) is 0 Å². The minimum Gasteiger partial charge on any atom is -0.370 e. The van der Waals surface area contributed by atoms with Crippen LogP contribution in [0.4, 0.5) is 11.6 Å². The zero-order valence-corrected chi connectivity index (χ0v) is 12.9. The Labute approximate surface area is 116 Å². The number of rotatable bonds is 8. The fourth-order valence-corrected chi connectivity index (χ4v) is 1.90. The van der Waals surface area contributed by atoms with Crippen LogP contribution < -0.4 is 10.6 Å². The van der Waals surface area contributed by atoms with Crippen molar-refractivity contribution < 1.29 is 0 Å². The van der Waals surface area contributed by atoms with E-state index in [0.29, 0.717) is 0 Å². The molecule has 0 unspecified atom stereocenters. The Morgan fingerprint density at radius 2 is 1.63 bits per heavy atom. The molecule has 1 aromatic heterocycles. The second-order valence-corrected chi connectivity index (χ2v) is 5.06. The number of anilines is 2. The summed E-state index contributed by atoms with van der Waals surface area (Å²) in [6, 6.07) is 0. The Morgan fingerprint density at radius 1 is 1.00 bits per heavy atom. The molecule has 1 heterocycles. The third-order valence-electron chi connectivity index (χ3n) is 2.93. The molecule has 0 spiro atoms. The predicted octanol–water partition coefficient (Wildman–Crippen LogP) is 2.28. The summed E-state index contributed by atoms with van der Waals surface area (Å²) < 4.78 is 0. The fourth-order valence-electron chi connectivity index (χ4n) is 1.90. The fraction of sp³-hybridized carbons (Fsp3) is 0.714. The smallest absolute Gasteiger partial charge is 0.134 e. The second kappa shape index (κ2) is 7.94. The summed E-state index contributed by atoms with van der Waals surface area (Å²) in [4.78, 5) is 11.1. The lowest BCUT2D eigenvalue weighted by molar-refractivity contribution is 0.396. The number of nitrogens with zero attached hydrogens (tertiary/aromatic N) is 3. The van der Waals surface area contributed by atoms with Crippen molar-refractivity contribution in [2.45, 2.75) is 33.6 Å². The van der Waals surface area contributed by atoms with Crippen LogP contribution in [0.25, 0.3) is 0 Å². The Kier molecular flexibility index (Phi) is 6.56. The van der Waals surface area contributed by atoms with E-state index in [9.17, 15) is 0 Å². The second-order valence-electron chi connectivity index (χ2n) is 5.06. The van der Waals surface area contributed by atoms with Crippen molar-refractivity contribution >= 4 is 11.6 Å². The number of hydrogen-bond acceptors (Lipinski definition) is 5. The molecule has 2 N–H and O–H groups in total. The van der Waals surface area contributed by atoms with Crippen LogP contribution in [-0.2, 0) is 0 Å². The van der Waals surface area contributed by atoms with Crippen molar-refractivity contribution in [3.63, 3.8) is 0 Å². The average Bonchev–Trinajstić information content (AvgIpc) is 2.34. The van der Waals surface area contributed by atoms with Gasteiger partial charge < -0.3 is 15.5 Å². The van der Waals surface area contributed by atoms with E-state index in [4.69, 9.17) is 0 Å². The molecule has 0 aromatic carbocycles. The molecule has 0 aliphatic heterocycles. The third-order valence-corrected chi connectivity index (χ3v) is 2.93. The highest BCUT2D eigenvalue weighted by molar-refractivity contribution is 5.57. The first-order valence-corrected chi connectivity index (χ1v) is 7.02. The molecule has 0 aliphatic carbocycles. The van der Waals surface area contributed by atoms with Crippen LogP contribution in [0.2, 0.25) is 0 Å². The zero-order valence-electron chi connectivity index (χ0n) is 12.9. The van der Waals surface area contributed by atoms with E-state index in [1.54, 1.807) is 0 Å². The number of hydrogen-bond donors (Lipinski definition) is 2. The first-order valence-electron chi connectivity index (χ1n) is 7.02. The Balaban J connectivity index is 2.53. The number of nitrogens with one attached hydrogen (secondary N) is 2. The summed E-state index contributed by atoms with van der Waals surface area (Å²) in [6.45, 7) is 9.02. The highest BCUT2D eigenvalue weighted by Crippen LogP contribution is 2.19. The van der Waals surface area contributed by atoms with Crippen LogP contribution in [0.3, 0.4) is 0 Å². The Morgan fingerprint density at radius 3 is 2.21 bits per heavy atom. The van der Waals surface area contributed by atoms with Gasteiger partial charge in [0.1, 0.15) is 17.5 Å². The topological polar surface area (TPSA) is 53.1 Å². The van der Waals surface area contributed by atoms with Gasteiger partial charge in [0.15, 0.2) is 0 Å². The van der Waals surface area contributed by atoms with Crippen molar-refractivity contribution in [2.75, 3.05) is 44.4 Å². The third kappa shape index (κ3) is 5.42. The first kappa shape index (κ1) is 15.7. The monoisotopic (exact) mass is 265 g/mol. The van der Waals surface area contributed by atoms with Crippen LogP contribution in [-0.4, -0.2) is 48.6 Å². The standard InChI is InChI=1S/C14H27N5/c1-6-15-13-11(2)14(18-12(3)17-13)16-9-7-8-10-19(4)5/h6-10H2,1-5H3,(H2,15,16,17,18). The maximum absolute atomic E-state index is 4.48. The number of aromatic nitrogens is 2. The summed E-state index contributed by atoms with van der Waals surface area (Å²) in [6.07, 6.45) is 2.35. The van der Waals surface area contributed by atoms with Crippen molar-refractivity contribution in [3.8, 4) is 0 Å². The Bertz CT molecular complexity index is 390. The molecule has 5 heteroatoms. The molecule has 1 aromatic rings. The van der Waals surface area contributed by atoms with E-state index in [2.05, 4.69) is 53.4 Å². The number of unbranched alkanes of at least 4 members (excludes halogenated alkanes) is 1. The highest BCUT2D eigenvalue weighted by Gasteiger charge is 2.07. The minimum atomic E-state index is 0.803. The first-order chi connectivity index (χ1) is 9.04. The van der Waals surface area contributed by atoms with E-state index in [1.807, 2.05) is 6.92 Å². The summed E-state index contributed by atoms with van der Waals surface area (Å²) in [5.74, 6) is 2.69. The summed E-state index contributed by atoms with van der Waals surface area (Å²) in [5.41, 5.74) is 1.10. The van der Waals surface area contributed by atoms with Gasteiger partial charge in [-0.2, -0.15) is 0 Å². The van der Waals surface area contributed by atoms with E-state index in [0.717, 1.165) is 49.1 Å². The SMILES string of the molecule is CCNc1nc(C)nc(NCCCCN(C)C)c1C. The molecule has 0 saturated heterocycles. The lowest BCUT2D eigenvalue weighted by Gasteiger charge is -2.14. The molecule has 1 rings (SSSR count). The molecule has 108 valence electrons. The van der Waals surface area contributed by atoms with Gasteiger partial charge in [0, 0.05) is 18.7 Å². The molecule has 0 aliphatic rings.